The summed E-state index contributed by atoms with van der Waals surface area (Å²) in [6.07, 6.45) is 2.96. The molecule has 1 aromatic carbocycles. The Morgan fingerprint density at radius 2 is 2.20 bits per heavy atom. The van der Waals surface area contributed by atoms with Gasteiger partial charge in [0.15, 0.2) is 0 Å². The minimum atomic E-state index is -0.526. The Bertz CT molecular complexity index is 513. The van der Waals surface area contributed by atoms with Gasteiger partial charge in [-0.05, 0) is 37.6 Å². The molecule has 0 unspecified atom stereocenters. The Kier molecular flexibility index (Phi) is 4.98. The number of ether oxygens (including phenoxy) is 1. The lowest BCUT2D eigenvalue weighted by molar-refractivity contribution is -0.118. The molecule has 1 heterocycles. The third-order valence-corrected chi connectivity index (χ3v) is 3.60. The average molecular weight is 297 g/mol. The fourth-order valence-electron chi connectivity index (χ4n) is 2.17. The first-order chi connectivity index (χ1) is 9.61. The number of amides is 1. The van der Waals surface area contributed by atoms with Crippen molar-refractivity contribution >= 4 is 29.2 Å². The summed E-state index contributed by atoms with van der Waals surface area (Å²) in [5.74, 6) is -0.621. The maximum Gasteiger partial charge on any atom is 0.339 e. The van der Waals surface area contributed by atoms with Crippen molar-refractivity contribution in [2.75, 3.05) is 19.0 Å². The van der Waals surface area contributed by atoms with Crippen molar-refractivity contribution < 1.29 is 14.3 Å². The molecule has 108 valence electrons. The van der Waals surface area contributed by atoms with E-state index in [2.05, 4.69) is 15.4 Å². The van der Waals surface area contributed by atoms with Crippen LogP contribution in [0, 0.1) is 0 Å². The van der Waals surface area contributed by atoms with Gasteiger partial charge in [-0.1, -0.05) is 18.0 Å². The van der Waals surface area contributed by atoms with E-state index in [1.54, 1.807) is 12.1 Å². The lowest BCUT2D eigenvalue weighted by Crippen LogP contribution is -2.43. The van der Waals surface area contributed by atoms with Gasteiger partial charge in [0.1, 0.15) is 0 Å². The van der Waals surface area contributed by atoms with Crippen molar-refractivity contribution in [2.45, 2.75) is 25.3 Å². The zero-order valence-corrected chi connectivity index (χ0v) is 12.0. The minimum absolute atomic E-state index is 0.0946. The molecule has 2 rings (SSSR count). The zero-order chi connectivity index (χ0) is 14.5. The Balaban J connectivity index is 2.09. The normalized spacial score (nSPS) is 18.4. The van der Waals surface area contributed by atoms with Gasteiger partial charge in [0.05, 0.1) is 23.7 Å². The summed E-state index contributed by atoms with van der Waals surface area (Å²) in [7, 11) is 1.29. The molecule has 1 saturated heterocycles. The van der Waals surface area contributed by atoms with Crippen LogP contribution in [0.5, 0.6) is 0 Å². The Morgan fingerprint density at radius 3 is 2.85 bits per heavy atom. The van der Waals surface area contributed by atoms with Crippen LogP contribution in [-0.4, -0.2) is 31.6 Å². The predicted octanol–water partition coefficient (Wildman–Crippen LogP) is 2.21. The van der Waals surface area contributed by atoms with Crippen molar-refractivity contribution in [1.29, 1.82) is 0 Å². The van der Waals surface area contributed by atoms with Crippen LogP contribution in [0.15, 0.2) is 18.2 Å². The summed E-state index contributed by atoms with van der Waals surface area (Å²) in [6.45, 7) is 0.853. The summed E-state index contributed by atoms with van der Waals surface area (Å²) in [4.78, 5) is 23.6. The number of carbonyl (C=O) groups excluding carboxylic acids is 2. The Labute approximate surface area is 122 Å². The van der Waals surface area contributed by atoms with Crippen LogP contribution < -0.4 is 10.6 Å². The molecule has 0 spiro atoms. The maximum absolute atomic E-state index is 12.1. The van der Waals surface area contributed by atoms with Crippen molar-refractivity contribution in [1.82, 2.24) is 5.32 Å². The second-order valence-corrected chi connectivity index (χ2v) is 5.09. The van der Waals surface area contributed by atoms with E-state index in [0.29, 0.717) is 10.7 Å². The number of methoxy groups -OCH3 is 1. The van der Waals surface area contributed by atoms with Gasteiger partial charge in [-0.3, -0.25) is 4.79 Å². The summed E-state index contributed by atoms with van der Waals surface area (Å²) in [5, 5.41) is 6.26. The summed E-state index contributed by atoms with van der Waals surface area (Å²) >= 11 is 5.93. The van der Waals surface area contributed by atoms with Gasteiger partial charge in [-0.15, -0.1) is 0 Å². The van der Waals surface area contributed by atoms with Gasteiger partial charge in [0.25, 0.3) is 0 Å². The number of hydrogen-bond acceptors (Lipinski definition) is 4. The van der Waals surface area contributed by atoms with Crippen LogP contribution >= 0.6 is 11.6 Å². The topological polar surface area (TPSA) is 67.4 Å². The van der Waals surface area contributed by atoms with Gasteiger partial charge >= 0.3 is 5.97 Å². The first-order valence-electron chi connectivity index (χ1n) is 6.54. The molecule has 6 heteroatoms. The van der Waals surface area contributed by atoms with Crippen LogP contribution in [0.4, 0.5) is 5.69 Å². The molecule has 1 aliphatic heterocycles. The van der Waals surface area contributed by atoms with E-state index < -0.39 is 5.97 Å². The summed E-state index contributed by atoms with van der Waals surface area (Å²) < 4.78 is 4.64. The number of nitrogens with one attached hydrogen (secondary N) is 2. The molecule has 1 aromatic rings. The molecule has 1 fully saturated rings. The molecule has 0 bridgehead atoms. The lowest BCUT2D eigenvalue weighted by Gasteiger charge is -2.22. The predicted molar refractivity (Wildman–Crippen MR) is 77.1 cm³/mol. The standard InChI is InChI=1S/C14H17ClN2O3/c1-20-14(19)10-8-9(5-6-11(10)15)17-13(18)12-4-2-3-7-16-12/h5-6,8,12,16H,2-4,7H2,1H3,(H,17,18)/t12-/m0/s1. The molecule has 0 aliphatic carbocycles. The number of esters is 1. The number of piperidine rings is 1. The Hall–Kier alpha value is -1.59. The SMILES string of the molecule is COC(=O)c1cc(NC(=O)[C@@H]2CCCCN2)ccc1Cl. The molecule has 0 radical (unpaired) electrons. The number of anilines is 1. The number of benzene rings is 1. The van der Waals surface area contributed by atoms with Gasteiger partial charge in [-0.25, -0.2) is 4.79 Å². The second-order valence-electron chi connectivity index (χ2n) is 4.68. The van der Waals surface area contributed by atoms with Crippen molar-refractivity contribution in [3.63, 3.8) is 0 Å². The van der Waals surface area contributed by atoms with Crippen LogP contribution in [0.3, 0.4) is 0 Å². The van der Waals surface area contributed by atoms with E-state index in [0.717, 1.165) is 25.8 Å². The quantitative estimate of drug-likeness (QED) is 0.839. The van der Waals surface area contributed by atoms with Crippen molar-refractivity contribution in [3.8, 4) is 0 Å². The lowest BCUT2D eigenvalue weighted by atomic mass is 10.0. The molecule has 0 saturated carbocycles. The summed E-state index contributed by atoms with van der Waals surface area (Å²) in [6, 6.07) is 4.57. The van der Waals surface area contributed by atoms with Crippen LogP contribution in [0.2, 0.25) is 5.02 Å². The monoisotopic (exact) mass is 296 g/mol. The van der Waals surface area contributed by atoms with E-state index in [9.17, 15) is 9.59 Å². The minimum Gasteiger partial charge on any atom is -0.465 e. The molecule has 0 aromatic heterocycles. The molecule has 1 aliphatic rings. The van der Waals surface area contributed by atoms with E-state index >= 15 is 0 Å². The maximum atomic E-state index is 12.1. The number of hydrogen-bond donors (Lipinski definition) is 2. The molecular weight excluding hydrogens is 280 g/mol. The van der Waals surface area contributed by atoms with Crippen LogP contribution in [0.25, 0.3) is 0 Å². The highest BCUT2D eigenvalue weighted by atomic mass is 35.5. The van der Waals surface area contributed by atoms with Crippen LogP contribution in [0.1, 0.15) is 29.6 Å². The van der Waals surface area contributed by atoms with Crippen LogP contribution in [-0.2, 0) is 9.53 Å². The molecular formula is C14H17ClN2O3. The van der Waals surface area contributed by atoms with Gasteiger partial charge in [0.2, 0.25) is 5.91 Å². The average Bonchev–Trinajstić information content (AvgIpc) is 2.49. The first-order valence-corrected chi connectivity index (χ1v) is 6.91. The first kappa shape index (κ1) is 14.8. The van der Waals surface area contributed by atoms with E-state index in [1.165, 1.54) is 13.2 Å². The number of halogens is 1. The molecule has 5 nitrogen and oxygen atoms in total. The highest BCUT2D eigenvalue weighted by Gasteiger charge is 2.21. The highest BCUT2D eigenvalue weighted by Crippen LogP contribution is 2.22. The largest absolute Gasteiger partial charge is 0.465 e. The van der Waals surface area contributed by atoms with Gasteiger partial charge in [0, 0.05) is 5.69 Å². The second kappa shape index (κ2) is 6.72. The Morgan fingerprint density at radius 1 is 1.40 bits per heavy atom. The smallest absolute Gasteiger partial charge is 0.339 e. The van der Waals surface area contributed by atoms with Crippen molar-refractivity contribution in [3.05, 3.63) is 28.8 Å². The molecule has 20 heavy (non-hydrogen) atoms. The molecule has 1 atom stereocenters. The van der Waals surface area contributed by atoms with Crippen molar-refractivity contribution in [2.24, 2.45) is 0 Å². The molecule has 1 amide bonds. The number of carbonyl (C=O) groups is 2. The molecule has 2 N–H and O–H groups in total. The summed E-state index contributed by atoms with van der Waals surface area (Å²) in [5.41, 5.74) is 0.774. The third-order valence-electron chi connectivity index (χ3n) is 3.27. The zero-order valence-electron chi connectivity index (χ0n) is 11.2. The van der Waals surface area contributed by atoms with E-state index in [1.807, 2.05) is 0 Å². The van der Waals surface area contributed by atoms with E-state index in [-0.39, 0.29) is 17.5 Å². The number of rotatable bonds is 3. The van der Waals surface area contributed by atoms with Gasteiger partial charge < -0.3 is 15.4 Å². The van der Waals surface area contributed by atoms with Gasteiger partial charge in [-0.2, -0.15) is 0 Å². The fraction of sp³-hybridized carbons (Fsp3) is 0.429. The van der Waals surface area contributed by atoms with E-state index in [4.69, 9.17) is 11.6 Å². The third kappa shape index (κ3) is 3.49. The highest BCUT2D eigenvalue weighted by molar-refractivity contribution is 6.33. The fourth-order valence-corrected chi connectivity index (χ4v) is 2.37.